The first kappa shape index (κ1) is 14.2. The standard InChI is InChI=1S/C13H25N3O/c1-10(2)13-12(9-16(5)15-13)8-14-6-7-17-11(3)4/h9-11,14H,6-8H2,1-5H3. The normalized spacial score (nSPS) is 11.7. The Morgan fingerprint density at radius 1 is 1.35 bits per heavy atom. The Morgan fingerprint density at radius 2 is 2.06 bits per heavy atom. The van der Waals surface area contributed by atoms with Crippen molar-refractivity contribution >= 4 is 0 Å². The largest absolute Gasteiger partial charge is 0.377 e. The van der Waals surface area contributed by atoms with Crippen LogP contribution in [0.1, 0.15) is 44.9 Å². The third-order valence-electron chi connectivity index (χ3n) is 2.53. The van der Waals surface area contributed by atoms with Gasteiger partial charge in [0.05, 0.1) is 18.4 Å². The summed E-state index contributed by atoms with van der Waals surface area (Å²) in [7, 11) is 1.97. The summed E-state index contributed by atoms with van der Waals surface area (Å²) in [6, 6.07) is 0. The van der Waals surface area contributed by atoms with E-state index < -0.39 is 0 Å². The summed E-state index contributed by atoms with van der Waals surface area (Å²) in [5.74, 6) is 0.472. The number of rotatable bonds is 7. The van der Waals surface area contributed by atoms with Gasteiger partial charge in [0.2, 0.25) is 0 Å². The van der Waals surface area contributed by atoms with Crippen molar-refractivity contribution in [3.63, 3.8) is 0 Å². The second kappa shape index (κ2) is 6.77. The first-order valence-corrected chi connectivity index (χ1v) is 6.35. The monoisotopic (exact) mass is 239 g/mol. The molecule has 17 heavy (non-hydrogen) atoms. The van der Waals surface area contributed by atoms with Gasteiger partial charge in [0.1, 0.15) is 0 Å². The van der Waals surface area contributed by atoms with Crippen molar-refractivity contribution in [3.8, 4) is 0 Å². The van der Waals surface area contributed by atoms with Crippen LogP contribution in [-0.2, 0) is 18.3 Å². The van der Waals surface area contributed by atoms with E-state index >= 15 is 0 Å². The van der Waals surface area contributed by atoms with Crippen LogP contribution in [0.15, 0.2) is 6.20 Å². The van der Waals surface area contributed by atoms with Crippen molar-refractivity contribution < 1.29 is 4.74 Å². The zero-order valence-corrected chi connectivity index (χ0v) is 11.7. The smallest absolute Gasteiger partial charge is 0.0694 e. The zero-order chi connectivity index (χ0) is 12.8. The van der Waals surface area contributed by atoms with Gasteiger partial charge in [-0.15, -0.1) is 0 Å². The molecule has 0 bridgehead atoms. The van der Waals surface area contributed by atoms with Crippen molar-refractivity contribution in [2.45, 2.75) is 46.3 Å². The van der Waals surface area contributed by atoms with Crippen LogP contribution in [0.3, 0.4) is 0 Å². The average molecular weight is 239 g/mol. The molecule has 0 amide bonds. The third-order valence-corrected chi connectivity index (χ3v) is 2.53. The number of nitrogens with one attached hydrogen (secondary N) is 1. The fourth-order valence-corrected chi connectivity index (χ4v) is 1.77. The van der Waals surface area contributed by atoms with Gasteiger partial charge in [-0.05, 0) is 19.8 Å². The van der Waals surface area contributed by atoms with Crippen LogP contribution in [0.4, 0.5) is 0 Å². The second-order valence-electron chi connectivity index (χ2n) is 4.96. The number of hydrogen-bond acceptors (Lipinski definition) is 3. The Labute approximate surface area is 104 Å². The molecule has 0 aliphatic rings. The topological polar surface area (TPSA) is 39.1 Å². The molecule has 0 aliphatic heterocycles. The summed E-state index contributed by atoms with van der Waals surface area (Å²) >= 11 is 0. The van der Waals surface area contributed by atoms with Crippen LogP contribution in [0.25, 0.3) is 0 Å². The third kappa shape index (κ3) is 4.88. The lowest BCUT2D eigenvalue weighted by Crippen LogP contribution is -2.21. The molecule has 0 fully saturated rings. The Kier molecular flexibility index (Phi) is 5.65. The van der Waals surface area contributed by atoms with Crippen molar-refractivity contribution in [3.05, 3.63) is 17.5 Å². The van der Waals surface area contributed by atoms with E-state index in [0.29, 0.717) is 12.0 Å². The van der Waals surface area contributed by atoms with E-state index in [1.807, 2.05) is 11.7 Å². The molecule has 0 saturated carbocycles. The van der Waals surface area contributed by atoms with Crippen molar-refractivity contribution in [1.29, 1.82) is 0 Å². The fraction of sp³-hybridized carbons (Fsp3) is 0.769. The van der Waals surface area contributed by atoms with E-state index in [0.717, 1.165) is 19.7 Å². The highest BCUT2D eigenvalue weighted by atomic mass is 16.5. The molecule has 4 heteroatoms. The quantitative estimate of drug-likeness (QED) is 0.740. The van der Waals surface area contributed by atoms with Crippen LogP contribution in [0, 0.1) is 0 Å². The van der Waals surface area contributed by atoms with Crippen LogP contribution >= 0.6 is 0 Å². The van der Waals surface area contributed by atoms with Crippen LogP contribution < -0.4 is 5.32 Å². The zero-order valence-electron chi connectivity index (χ0n) is 11.7. The average Bonchev–Trinajstić information content (AvgIpc) is 2.59. The molecular formula is C13H25N3O. The summed E-state index contributed by atoms with van der Waals surface area (Å²) in [4.78, 5) is 0. The van der Waals surface area contributed by atoms with E-state index in [2.05, 4.69) is 44.3 Å². The molecule has 0 aromatic carbocycles. The highest BCUT2D eigenvalue weighted by Crippen LogP contribution is 2.16. The van der Waals surface area contributed by atoms with E-state index in [1.165, 1.54) is 11.3 Å². The fourth-order valence-electron chi connectivity index (χ4n) is 1.77. The maximum Gasteiger partial charge on any atom is 0.0694 e. The SMILES string of the molecule is CC(C)OCCNCc1cn(C)nc1C(C)C. The number of aromatic nitrogens is 2. The van der Waals surface area contributed by atoms with Gasteiger partial charge in [-0.1, -0.05) is 13.8 Å². The van der Waals surface area contributed by atoms with Gasteiger partial charge in [0.15, 0.2) is 0 Å². The summed E-state index contributed by atoms with van der Waals surface area (Å²) in [5, 5.41) is 7.87. The number of aryl methyl sites for hydroxylation is 1. The Hall–Kier alpha value is -0.870. The predicted molar refractivity (Wildman–Crippen MR) is 70.1 cm³/mol. The van der Waals surface area contributed by atoms with Gasteiger partial charge < -0.3 is 10.1 Å². The maximum absolute atomic E-state index is 5.48. The van der Waals surface area contributed by atoms with Gasteiger partial charge in [0.25, 0.3) is 0 Å². The molecule has 1 aromatic heterocycles. The molecular weight excluding hydrogens is 214 g/mol. The lowest BCUT2D eigenvalue weighted by Gasteiger charge is -2.09. The molecule has 1 aromatic rings. The van der Waals surface area contributed by atoms with Gasteiger partial charge in [-0.3, -0.25) is 4.68 Å². The van der Waals surface area contributed by atoms with E-state index in [4.69, 9.17) is 4.74 Å². The molecule has 0 atom stereocenters. The van der Waals surface area contributed by atoms with Gasteiger partial charge >= 0.3 is 0 Å². The molecule has 0 radical (unpaired) electrons. The summed E-state index contributed by atoms with van der Waals surface area (Å²) in [6.07, 6.45) is 2.40. The Bertz CT molecular complexity index is 331. The Balaban J connectivity index is 2.36. The summed E-state index contributed by atoms with van der Waals surface area (Å²) in [6.45, 7) is 11.0. The van der Waals surface area contributed by atoms with E-state index in [-0.39, 0.29) is 0 Å². The minimum Gasteiger partial charge on any atom is -0.377 e. The van der Waals surface area contributed by atoms with Crippen LogP contribution in [0.2, 0.25) is 0 Å². The highest BCUT2D eigenvalue weighted by molar-refractivity contribution is 5.19. The van der Waals surface area contributed by atoms with E-state index in [1.54, 1.807) is 0 Å². The molecule has 1 N–H and O–H groups in total. The van der Waals surface area contributed by atoms with Crippen molar-refractivity contribution in [1.82, 2.24) is 15.1 Å². The molecule has 0 saturated heterocycles. The Morgan fingerprint density at radius 3 is 2.65 bits per heavy atom. The molecule has 1 rings (SSSR count). The summed E-state index contributed by atoms with van der Waals surface area (Å²) in [5.41, 5.74) is 2.47. The van der Waals surface area contributed by atoms with Crippen LogP contribution in [-0.4, -0.2) is 29.0 Å². The molecule has 4 nitrogen and oxygen atoms in total. The van der Waals surface area contributed by atoms with Gasteiger partial charge in [-0.2, -0.15) is 5.10 Å². The number of hydrogen-bond donors (Lipinski definition) is 1. The maximum atomic E-state index is 5.48. The predicted octanol–water partition coefficient (Wildman–Crippen LogP) is 2.06. The van der Waals surface area contributed by atoms with E-state index in [9.17, 15) is 0 Å². The lowest BCUT2D eigenvalue weighted by molar-refractivity contribution is 0.0807. The molecule has 98 valence electrons. The first-order chi connectivity index (χ1) is 8.00. The molecule has 0 unspecified atom stereocenters. The number of nitrogens with zero attached hydrogens (tertiary/aromatic N) is 2. The molecule has 0 spiro atoms. The lowest BCUT2D eigenvalue weighted by atomic mass is 10.1. The van der Waals surface area contributed by atoms with Crippen LogP contribution in [0.5, 0.6) is 0 Å². The van der Waals surface area contributed by atoms with Crippen molar-refractivity contribution in [2.75, 3.05) is 13.2 Å². The van der Waals surface area contributed by atoms with Gasteiger partial charge in [0, 0.05) is 31.9 Å². The van der Waals surface area contributed by atoms with Gasteiger partial charge in [-0.25, -0.2) is 0 Å². The number of ether oxygens (including phenoxy) is 1. The summed E-state index contributed by atoms with van der Waals surface area (Å²) < 4.78 is 7.37. The minimum absolute atomic E-state index is 0.307. The molecule has 1 heterocycles. The first-order valence-electron chi connectivity index (χ1n) is 6.35. The minimum atomic E-state index is 0.307. The highest BCUT2D eigenvalue weighted by Gasteiger charge is 2.10. The van der Waals surface area contributed by atoms with Crippen molar-refractivity contribution in [2.24, 2.45) is 7.05 Å². The second-order valence-corrected chi connectivity index (χ2v) is 4.96. The molecule has 0 aliphatic carbocycles.